The molecule has 0 aromatic heterocycles. The first-order valence-electron chi connectivity index (χ1n) is 9.66. The van der Waals surface area contributed by atoms with E-state index in [1.54, 1.807) is 12.1 Å². The molecule has 3 rings (SSSR count). The fourth-order valence-corrected chi connectivity index (χ4v) is 4.19. The second kappa shape index (κ2) is 9.04. The van der Waals surface area contributed by atoms with E-state index in [2.05, 4.69) is 5.32 Å². The number of Topliss-reactive ketones (excluding diaryl/α,β-unsaturated/α-hetero) is 1. The van der Waals surface area contributed by atoms with Crippen molar-refractivity contribution < 1.29 is 27.9 Å². The zero-order valence-electron chi connectivity index (χ0n) is 17.6. The van der Waals surface area contributed by atoms with Crippen LogP contribution in [0.1, 0.15) is 27.6 Å². The molecular formula is C21H25N3O6S. The van der Waals surface area contributed by atoms with Crippen LogP contribution >= 0.6 is 0 Å². The summed E-state index contributed by atoms with van der Waals surface area (Å²) >= 11 is 0. The molecule has 1 heterocycles. The molecule has 0 atom stereocenters. The maximum Gasteiger partial charge on any atom is 0.257 e. The van der Waals surface area contributed by atoms with Gasteiger partial charge in [0.25, 0.3) is 5.91 Å². The first-order chi connectivity index (χ1) is 14.6. The molecule has 0 saturated carbocycles. The summed E-state index contributed by atoms with van der Waals surface area (Å²) in [6, 6.07) is 8.85. The van der Waals surface area contributed by atoms with Crippen molar-refractivity contribution in [1.29, 1.82) is 0 Å². The summed E-state index contributed by atoms with van der Waals surface area (Å²) < 4.78 is 31.7. The largest absolute Gasteiger partial charge is 0.505 e. The summed E-state index contributed by atoms with van der Waals surface area (Å²) in [5, 5.41) is 13.0. The highest BCUT2D eigenvalue weighted by Crippen LogP contribution is 2.31. The molecule has 2 aromatic carbocycles. The topological polar surface area (TPSA) is 116 Å². The van der Waals surface area contributed by atoms with Gasteiger partial charge in [-0.1, -0.05) is 6.07 Å². The summed E-state index contributed by atoms with van der Waals surface area (Å²) in [4.78, 5) is 26.8. The number of phenolic OH excluding ortho intramolecular Hbond substituents is 1. The second-order valence-electron chi connectivity index (χ2n) is 7.28. The van der Waals surface area contributed by atoms with E-state index in [9.17, 15) is 23.1 Å². The van der Waals surface area contributed by atoms with Gasteiger partial charge in [0.05, 0.1) is 34.9 Å². The summed E-state index contributed by atoms with van der Waals surface area (Å²) in [6.07, 6.45) is 0. The predicted octanol–water partition coefficient (Wildman–Crippen LogP) is 1.93. The van der Waals surface area contributed by atoms with Crippen LogP contribution in [0.3, 0.4) is 0 Å². The van der Waals surface area contributed by atoms with Crippen LogP contribution in [-0.4, -0.2) is 69.9 Å². The number of nitrogens with zero attached hydrogens (tertiary/aromatic N) is 2. The minimum atomic E-state index is -3.76. The molecule has 1 aliphatic heterocycles. The molecule has 2 N–H and O–H groups in total. The van der Waals surface area contributed by atoms with Crippen LogP contribution in [0.5, 0.6) is 5.75 Å². The lowest BCUT2D eigenvalue weighted by Gasteiger charge is -2.30. The predicted molar refractivity (Wildman–Crippen MR) is 116 cm³/mol. The Kier molecular flexibility index (Phi) is 6.63. The van der Waals surface area contributed by atoms with Crippen molar-refractivity contribution in [1.82, 2.24) is 4.31 Å². The Balaban J connectivity index is 2.05. The lowest BCUT2D eigenvalue weighted by atomic mass is 10.1. The number of carbonyl (C=O) groups excluding carboxylic acids is 2. The van der Waals surface area contributed by atoms with Crippen molar-refractivity contribution in [2.75, 3.05) is 50.6 Å². The van der Waals surface area contributed by atoms with Crippen molar-refractivity contribution in [3.63, 3.8) is 0 Å². The van der Waals surface area contributed by atoms with E-state index in [1.165, 1.54) is 45.3 Å². The number of para-hydroxylation sites is 1. The van der Waals surface area contributed by atoms with Gasteiger partial charge in [0.15, 0.2) is 5.78 Å². The Hall–Kier alpha value is -2.95. The van der Waals surface area contributed by atoms with Gasteiger partial charge in [0, 0.05) is 32.9 Å². The lowest BCUT2D eigenvalue weighted by molar-refractivity contribution is 0.100. The van der Waals surface area contributed by atoms with E-state index in [4.69, 9.17) is 4.74 Å². The van der Waals surface area contributed by atoms with Crippen LogP contribution in [-0.2, 0) is 14.8 Å². The van der Waals surface area contributed by atoms with Gasteiger partial charge in [-0.25, -0.2) is 12.7 Å². The number of hydrogen-bond donors (Lipinski definition) is 2. The monoisotopic (exact) mass is 447 g/mol. The molecular weight excluding hydrogens is 422 g/mol. The molecule has 10 heteroatoms. The van der Waals surface area contributed by atoms with Gasteiger partial charge in [-0.2, -0.15) is 0 Å². The van der Waals surface area contributed by atoms with E-state index in [0.29, 0.717) is 32.0 Å². The molecule has 0 spiro atoms. The number of sulfonamides is 1. The number of anilines is 2. The number of ketones is 1. The zero-order chi connectivity index (χ0) is 22.8. The number of hydrogen-bond acceptors (Lipinski definition) is 7. The van der Waals surface area contributed by atoms with Crippen LogP contribution in [0.15, 0.2) is 41.3 Å². The Morgan fingerprint density at radius 2 is 1.77 bits per heavy atom. The first kappa shape index (κ1) is 22.7. The minimum absolute atomic E-state index is 0.0265. The summed E-state index contributed by atoms with van der Waals surface area (Å²) in [5.41, 5.74) is 0.833. The summed E-state index contributed by atoms with van der Waals surface area (Å²) in [7, 11) is -0.937. The Morgan fingerprint density at radius 3 is 2.39 bits per heavy atom. The summed E-state index contributed by atoms with van der Waals surface area (Å²) in [6.45, 7) is 3.38. The molecule has 1 fully saturated rings. The van der Waals surface area contributed by atoms with Crippen molar-refractivity contribution in [3.05, 3.63) is 47.5 Å². The molecule has 1 aliphatic rings. The highest BCUT2D eigenvalue weighted by molar-refractivity contribution is 7.89. The smallest absolute Gasteiger partial charge is 0.257 e. The van der Waals surface area contributed by atoms with Gasteiger partial charge in [-0.3, -0.25) is 9.59 Å². The molecule has 2 aromatic rings. The number of ether oxygens (including phenoxy) is 1. The average Bonchev–Trinajstić information content (AvgIpc) is 2.75. The molecule has 0 unspecified atom stereocenters. The molecule has 0 bridgehead atoms. The standard InChI is InChI=1S/C21H25N3O6S/c1-14(25)16-5-4-6-18(20(16)26)22-21(27)17-13-15(31(28,29)23(2)3)7-8-19(17)24-9-11-30-12-10-24/h4-8,13,26H,9-12H2,1-3H3,(H,22,27). The minimum Gasteiger partial charge on any atom is -0.505 e. The number of carbonyl (C=O) groups is 2. The lowest BCUT2D eigenvalue weighted by Crippen LogP contribution is -2.37. The van der Waals surface area contributed by atoms with Crippen molar-refractivity contribution in [2.45, 2.75) is 11.8 Å². The number of nitrogens with one attached hydrogen (secondary N) is 1. The van der Waals surface area contributed by atoms with Gasteiger partial charge in [-0.15, -0.1) is 0 Å². The van der Waals surface area contributed by atoms with Crippen molar-refractivity contribution in [2.24, 2.45) is 0 Å². The number of rotatable bonds is 6. The zero-order valence-corrected chi connectivity index (χ0v) is 18.4. The number of morpholine rings is 1. The Labute approximate surface area is 181 Å². The third-order valence-electron chi connectivity index (χ3n) is 5.01. The van der Waals surface area contributed by atoms with E-state index in [0.717, 1.165) is 4.31 Å². The Morgan fingerprint density at radius 1 is 1.10 bits per heavy atom. The fourth-order valence-electron chi connectivity index (χ4n) is 3.27. The van der Waals surface area contributed by atoms with Crippen LogP contribution in [0.25, 0.3) is 0 Å². The number of phenols is 1. The third kappa shape index (κ3) is 4.71. The molecule has 0 aliphatic carbocycles. The second-order valence-corrected chi connectivity index (χ2v) is 9.43. The van der Waals surface area contributed by atoms with Crippen LogP contribution < -0.4 is 10.2 Å². The molecule has 0 radical (unpaired) electrons. The maximum absolute atomic E-state index is 13.2. The third-order valence-corrected chi connectivity index (χ3v) is 6.82. The quantitative estimate of drug-likeness (QED) is 0.513. The van der Waals surface area contributed by atoms with Crippen LogP contribution in [0.4, 0.5) is 11.4 Å². The van der Waals surface area contributed by atoms with E-state index < -0.39 is 15.9 Å². The number of benzene rings is 2. The maximum atomic E-state index is 13.2. The van der Waals surface area contributed by atoms with Crippen LogP contribution in [0.2, 0.25) is 0 Å². The molecule has 1 saturated heterocycles. The summed E-state index contributed by atoms with van der Waals surface area (Å²) in [5.74, 6) is -1.29. The Bertz CT molecular complexity index is 1110. The van der Waals surface area contributed by atoms with Crippen LogP contribution in [0, 0.1) is 0 Å². The van der Waals surface area contributed by atoms with E-state index >= 15 is 0 Å². The van der Waals surface area contributed by atoms with Gasteiger partial charge in [-0.05, 0) is 37.3 Å². The van der Waals surface area contributed by atoms with E-state index in [1.807, 2.05) is 4.90 Å². The normalized spacial score (nSPS) is 14.5. The molecule has 31 heavy (non-hydrogen) atoms. The van der Waals surface area contributed by atoms with Gasteiger partial charge in [0.1, 0.15) is 5.75 Å². The number of aromatic hydroxyl groups is 1. The van der Waals surface area contributed by atoms with Crippen molar-refractivity contribution in [3.8, 4) is 5.75 Å². The van der Waals surface area contributed by atoms with Crippen molar-refractivity contribution >= 4 is 33.1 Å². The average molecular weight is 448 g/mol. The number of amides is 1. The van der Waals surface area contributed by atoms with Gasteiger partial charge >= 0.3 is 0 Å². The SMILES string of the molecule is CC(=O)c1cccc(NC(=O)c2cc(S(=O)(=O)N(C)C)ccc2N2CCOCC2)c1O. The first-order valence-corrected chi connectivity index (χ1v) is 11.1. The molecule has 1 amide bonds. The molecule has 166 valence electrons. The van der Waals surface area contributed by atoms with Gasteiger partial charge < -0.3 is 20.1 Å². The van der Waals surface area contributed by atoms with Gasteiger partial charge in [0.2, 0.25) is 10.0 Å². The fraction of sp³-hybridized carbons (Fsp3) is 0.333. The highest BCUT2D eigenvalue weighted by Gasteiger charge is 2.25. The molecule has 9 nitrogen and oxygen atoms in total. The highest BCUT2D eigenvalue weighted by atomic mass is 32.2. The van der Waals surface area contributed by atoms with E-state index in [-0.39, 0.29) is 33.2 Å².